The molecule has 2 aliphatic heterocycles. The minimum atomic E-state index is -0.327. The van der Waals surface area contributed by atoms with Crippen LogP contribution in [0.4, 0.5) is 10.1 Å². The molecule has 0 spiro atoms. The van der Waals surface area contributed by atoms with Gasteiger partial charge >= 0.3 is 0 Å². The molecule has 3 heterocycles. The molecule has 0 atom stereocenters. The Morgan fingerprint density at radius 2 is 1.80 bits per heavy atom. The summed E-state index contributed by atoms with van der Waals surface area (Å²) in [5.41, 5.74) is 2.43. The molecule has 9 heteroatoms. The number of ether oxygens (including phenoxy) is 1. The van der Waals surface area contributed by atoms with E-state index in [1.165, 1.54) is 12.1 Å². The summed E-state index contributed by atoms with van der Waals surface area (Å²) < 4.78 is 20.9. The van der Waals surface area contributed by atoms with E-state index in [2.05, 4.69) is 10.00 Å². The molecular weight excluding hydrogens is 449 g/mol. The zero-order chi connectivity index (χ0) is 24.4. The summed E-state index contributed by atoms with van der Waals surface area (Å²) in [6.07, 6.45) is 0. The number of piperazine rings is 1. The summed E-state index contributed by atoms with van der Waals surface area (Å²) in [5.74, 6) is 0.141. The fourth-order valence-corrected chi connectivity index (χ4v) is 4.66. The van der Waals surface area contributed by atoms with Crippen molar-refractivity contribution in [3.63, 3.8) is 0 Å². The van der Waals surface area contributed by atoms with Crippen LogP contribution in [0.2, 0.25) is 0 Å². The Hall–Kier alpha value is -3.88. The third kappa shape index (κ3) is 4.71. The molecule has 1 aromatic heterocycles. The number of benzene rings is 2. The monoisotopic (exact) mass is 477 g/mol. The number of carbonyl (C=O) groups excluding carboxylic acids is 2. The molecule has 182 valence electrons. The van der Waals surface area contributed by atoms with Crippen molar-refractivity contribution in [2.75, 3.05) is 44.2 Å². The first-order valence-electron chi connectivity index (χ1n) is 11.9. The number of hydrogen-bond donors (Lipinski definition) is 0. The van der Waals surface area contributed by atoms with Crippen molar-refractivity contribution in [2.45, 2.75) is 20.0 Å². The maximum atomic E-state index is 13.5. The molecule has 0 aliphatic carbocycles. The van der Waals surface area contributed by atoms with Crippen molar-refractivity contribution in [1.82, 2.24) is 19.6 Å². The number of halogens is 1. The van der Waals surface area contributed by atoms with Crippen LogP contribution >= 0.6 is 0 Å². The highest BCUT2D eigenvalue weighted by molar-refractivity contribution is 5.98. The van der Waals surface area contributed by atoms with Crippen LogP contribution in [-0.4, -0.2) is 70.7 Å². The summed E-state index contributed by atoms with van der Waals surface area (Å²) in [7, 11) is 0. The highest BCUT2D eigenvalue weighted by Gasteiger charge is 2.30. The van der Waals surface area contributed by atoms with E-state index in [4.69, 9.17) is 4.74 Å². The van der Waals surface area contributed by atoms with Crippen molar-refractivity contribution in [3.8, 4) is 5.75 Å². The molecule has 2 aromatic carbocycles. The first-order valence-corrected chi connectivity index (χ1v) is 11.9. The lowest BCUT2D eigenvalue weighted by molar-refractivity contribution is 0.0680. The van der Waals surface area contributed by atoms with Gasteiger partial charge in [-0.25, -0.2) is 4.39 Å². The molecule has 1 saturated heterocycles. The Balaban J connectivity index is 1.24. The molecule has 0 N–H and O–H groups in total. The number of hydrogen-bond acceptors (Lipinski definition) is 5. The van der Waals surface area contributed by atoms with Crippen molar-refractivity contribution in [2.24, 2.45) is 0 Å². The van der Waals surface area contributed by atoms with E-state index in [9.17, 15) is 14.0 Å². The number of fused-ring (bicyclic) bond motifs is 1. The minimum Gasteiger partial charge on any atom is -0.492 e. The molecule has 0 bridgehead atoms. The second kappa shape index (κ2) is 9.77. The van der Waals surface area contributed by atoms with E-state index < -0.39 is 0 Å². The van der Waals surface area contributed by atoms with Crippen molar-refractivity contribution < 1.29 is 18.7 Å². The van der Waals surface area contributed by atoms with Crippen molar-refractivity contribution >= 4 is 17.5 Å². The Morgan fingerprint density at radius 1 is 1.00 bits per heavy atom. The molecule has 0 unspecified atom stereocenters. The normalized spacial score (nSPS) is 15.8. The molecule has 2 aliphatic rings. The highest BCUT2D eigenvalue weighted by atomic mass is 19.1. The number of rotatable bonds is 6. The van der Waals surface area contributed by atoms with Gasteiger partial charge in [0.15, 0.2) is 5.69 Å². The van der Waals surface area contributed by atoms with Gasteiger partial charge in [-0.15, -0.1) is 0 Å². The van der Waals surface area contributed by atoms with Gasteiger partial charge in [0.2, 0.25) is 0 Å². The number of anilines is 1. The third-order valence-corrected chi connectivity index (χ3v) is 6.42. The number of amides is 2. The predicted octanol–water partition coefficient (Wildman–Crippen LogP) is 3.04. The zero-order valence-electron chi connectivity index (χ0n) is 19.7. The van der Waals surface area contributed by atoms with Gasteiger partial charge < -0.3 is 19.4 Å². The SMILES string of the molecule is CCOc1ccccc1N1CCN(C(=O)c2cc3n(n2)CCN(Cc2cccc(F)c2)C3=O)CC1. The summed E-state index contributed by atoms with van der Waals surface area (Å²) >= 11 is 0. The van der Waals surface area contributed by atoms with Crippen molar-refractivity contribution in [3.05, 3.63) is 77.4 Å². The van der Waals surface area contributed by atoms with Gasteiger partial charge in [-0.3, -0.25) is 14.3 Å². The van der Waals surface area contributed by atoms with Gasteiger partial charge in [0.1, 0.15) is 17.3 Å². The summed E-state index contributed by atoms with van der Waals surface area (Å²) in [5, 5.41) is 4.43. The van der Waals surface area contributed by atoms with Crippen LogP contribution in [0, 0.1) is 5.82 Å². The molecule has 3 aromatic rings. The van der Waals surface area contributed by atoms with Gasteiger partial charge in [0.25, 0.3) is 11.8 Å². The largest absolute Gasteiger partial charge is 0.492 e. The Morgan fingerprint density at radius 3 is 2.57 bits per heavy atom. The predicted molar refractivity (Wildman–Crippen MR) is 129 cm³/mol. The smallest absolute Gasteiger partial charge is 0.274 e. The van der Waals surface area contributed by atoms with Gasteiger partial charge in [0.05, 0.1) is 18.8 Å². The lowest BCUT2D eigenvalue weighted by Gasteiger charge is -2.36. The minimum absolute atomic E-state index is 0.172. The molecule has 0 saturated carbocycles. The van der Waals surface area contributed by atoms with Crippen LogP contribution < -0.4 is 9.64 Å². The van der Waals surface area contributed by atoms with Gasteiger partial charge in [-0.2, -0.15) is 5.10 Å². The summed E-state index contributed by atoms with van der Waals surface area (Å²) in [6, 6.07) is 15.8. The fourth-order valence-electron chi connectivity index (χ4n) is 4.66. The van der Waals surface area contributed by atoms with Crippen LogP contribution in [0.1, 0.15) is 33.5 Å². The van der Waals surface area contributed by atoms with Crippen LogP contribution in [-0.2, 0) is 13.1 Å². The van der Waals surface area contributed by atoms with Crippen LogP contribution in [0.15, 0.2) is 54.6 Å². The van der Waals surface area contributed by atoms with Crippen LogP contribution in [0.25, 0.3) is 0 Å². The second-order valence-corrected chi connectivity index (χ2v) is 8.67. The topological polar surface area (TPSA) is 70.9 Å². The molecule has 2 amide bonds. The Labute approximate surface area is 203 Å². The zero-order valence-corrected chi connectivity index (χ0v) is 19.7. The molecule has 5 rings (SSSR count). The van der Waals surface area contributed by atoms with Crippen LogP contribution in [0.3, 0.4) is 0 Å². The van der Waals surface area contributed by atoms with E-state index in [1.54, 1.807) is 32.7 Å². The van der Waals surface area contributed by atoms with E-state index in [-0.39, 0.29) is 23.3 Å². The quantitative estimate of drug-likeness (QED) is 0.546. The number of aromatic nitrogens is 2. The number of carbonyl (C=O) groups is 2. The standard InChI is InChI=1S/C26H28FN5O3/c1-2-35-24-9-4-3-8-22(24)29-10-12-30(13-11-29)25(33)21-17-23-26(34)31(14-15-32(23)28-21)18-19-6-5-7-20(27)16-19/h3-9,16-17H,2,10-15,18H2,1H3. The van der Waals surface area contributed by atoms with Crippen LogP contribution in [0.5, 0.6) is 5.75 Å². The lowest BCUT2D eigenvalue weighted by Crippen LogP contribution is -2.49. The van der Waals surface area contributed by atoms with E-state index in [0.717, 1.165) is 17.0 Å². The van der Waals surface area contributed by atoms with Crippen molar-refractivity contribution in [1.29, 1.82) is 0 Å². The molecule has 35 heavy (non-hydrogen) atoms. The molecule has 0 radical (unpaired) electrons. The maximum Gasteiger partial charge on any atom is 0.274 e. The highest BCUT2D eigenvalue weighted by Crippen LogP contribution is 2.29. The molecular formula is C26H28FN5O3. The average Bonchev–Trinajstić information content (AvgIpc) is 3.31. The Bertz CT molecular complexity index is 1240. The lowest BCUT2D eigenvalue weighted by atomic mass is 10.1. The average molecular weight is 478 g/mol. The first-order chi connectivity index (χ1) is 17.0. The first kappa shape index (κ1) is 22.9. The molecule has 1 fully saturated rings. The fraction of sp³-hybridized carbons (Fsp3) is 0.346. The Kier molecular flexibility index (Phi) is 6.39. The number of nitrogens with zero attached hydrogens (tertiary/aromatic N) is 5. The third-order valence-electron chi connectivity index (χ3n) is 6.42. The maximum absolute atomic E-state index is 13.5. The van der Waals surface area contributed by atoms with E-state index in [0.29, 0.717) is 58.1 Å². The number of para-hydroxylation sites is 2. The molecule has 8 nitrogen and oxygen atoms in total. The van der Waals surface area contributed by atoms with E-state index in [1.807, 2.05) is 31.2 Å². The van der Waals surface area contributed by atoms with Gasteiger partial charge in [-0.1, -0.05) is 24.3 Å². The van der Waals surface area contributed by atoms with E-state index >= 15 is 0 Å². The van der Waals surface area contributed by atoms with Gasteiger partial charge in [0, 0.05) is 45.3 Å². The summed E-state index contributed by atoms with van der Waals surface area (Å²) in [4.78, 5) is 31.9. The van der Waals surface area contributed by atoms with Gasteiger partial charge in [-0.05, 0) is 36.8 Å². The summed E-state index contributed by atoms with van der Waals surface area (Å²) in [6.45, 7) is 6.30. The second-order valence-electron chi connectivity index (χ2n) is 8.67.